The smallest absolute Gasteiger partial charge is 0.258 e. The van der Waals surface area contributed by atoms with Gasteiger partial charge in [0.25, 0.3) is 11.5 Å². The van der Waals surface area contributed by atoms with Gasteiger partial charge in [0.15, 0.2) is 0 Å². The van der Waals surface area contributed by atoms with Crippen molar-refractivity contribution in [1.29, 1.82) is 0 Å². The van der Waals surface area contributed by atoms with E-state index in [2.05, 4.69) is 5.32 Å². The van der Waals surface area contributed by atoms with Crippen LogP contribution in [0.3, 0.4) is 0 Å². The van der Waals surface area contributed by atoms with Crippen LogP contribution in [0.4, 0.5) is 5.69 Å². The Morgan fingerprint density at radius 2 is 1.92 bits per heavy atom. The Morgan fingerprint density at radius 1 is 1.19 bits per heavy atom. The SMILES string of the molecule is Cc1c(Cl)cccc1C(=O)Nc1cccc2c(=O)n(C(C)CO)ccc12. The molecule has 0 bridgehead atoms. The van der Waals surface area contributed by atoms with Crippen LogP contribution in [0.15, 0.2) is 53.5 Å². The lowest BCUT2D eigenvalue weighted by Gasteiger charge is -2.15. The second-order valence-corrected chi connectivity index (χ2v) is 6.60. The predicted molar refractivity (Wildman–Crippen MR) is 104 cm³/mol. The summed E-state index contributed by atoms with van der Waals surface area (Å²) in [7, 11) is 0. The zero-order chi connectivity index (χ0) is 18.8. The first-order valence-corrected chi connectivity index (χ1v) is 8.63. The molecular weight excluding hydrogens is 352 g/mol. The number of hydrogen-bond donors (Lipinski definition) is 2. The van der Waals surface area contributed by atoms with Crippen LogP contribution >= 0.6 is 11.6 Å². The Balaban J connectivity index is 2.04. The number of aliphatic hydroxyl groups excluding tert-OH is 1. The first kappa shape index (κ1) is 18.2. The molecule has 134 valence electrons. The summed E-state index contributed by atoms with van der Waals surface area (Å²) >= 11 is 6.09. The Morgan fingerprint density at radius 3 is 2.65 bits per heavy atom. The number of aliphatic hydroxyl groups is 1. The molecule has 0 radical (unpaired) electrons. The fourth-order valence-corrected chi connectivity index (χ4v) is 3.05. The van der Waals surface area contributed by atoms with Crippen LogP contribution < -0.4 is 10.9 Å². The third-order valence-electron chi connectivity index (χ3n) is 4.47. The minimum absolute atomic E-state index is 0.129. The molecule has 1 atom stereocenters. The third kappa shape index (κ3) is 3.23. The fraction of sp³-hybridized carbons (Fsp3) is 0.200. The minimum Gasteiger partial charge on any atom is -0.394 e. The number of hydrogen-bond acceptors (Lipinski definition) is 3. The molecular formula is C20H19ClN2O3. The van der Waals surface area contributed by atoms with Gasteiger partial charge in [-0.3, -0.25) is 9.59 Å². The van der Waals surface area contributed by atoms with Crippen LogP contribution in [0.1, 0.15) is 28.9 Å². The highest BCUT2D eigenvalue weighted by molar-refractivity contribution is 6.32. The topological polar surface area (TPSA) is 71.3 Å². The van der Waals surface area contributed by atoms with Crippen LogP contribution in [0, 0.1) is 6.92 Å². The molecule has 1 unspecified atom stereocenters. The molecule has 0 aliphatic carbocycles. The molecule has 0 saturated carbocycles. The zero-order valence-electron chi connectivity index (χ0n) is 14.5. The van der Waals surface area contributed by atoms with Crippen molar-refractivity contribution in [1.82, 2.24) is 4.57 Å². The van der Waals surface area contributed by atoms with E-state index in [1.807, 2.05) is 0 Å². The quantitative estimate of drug-likeness (QED) is 0.734. The van der Waals surface area contributed by atoms with E-state index in [4.69, 9.17) is 11.6 Å². The molecule has 3 rings (SSSR count). The summed E-state index contributed by atoms with van der Waals surface area (Å²) in [5.74, 6) is -0.287. The molecule has 0 spiro atoms. The maximum absolute atomic E-state index is 12.7. The average molecular weight is 371 g/mol. The summed E-state index contributed by atoms with van der Waals surface area (Å²) in [4.78, 5) is 25.3. The van der Waals surface area contributed by atoms with Crippen molar-refractivity contribution in [3.8, 4) is 0 Å². The minimum atomic E-state index is -0.320. The summed E-state index contributed by atoms with van der Waals surface area (Å²) in [6.07, 6.45) is 1.63. The Labute approximate surface area is 155 Å². The van der Waals surface area contributed by atoms with E-state index in [9.17, 15) is 14.7 Å². The number of aromatic nitrogens is 1. The van der Waals surface area contributed by atoms with Crippen molar-refractivity contribution in [3.05, 3.63) is 75.2 Å². The lowest BCUT2D eigenvalue weighted by atomic mass is 10.1. The highest BCUT2D eigenvalue weighted by Crippen LogP contribution is 2.24. The summed E-state index contributed by atoms with van der Waals surface area (Å²) in [5.41, 5.74) is 1.52. The Hall–Kier alpha value is -2.63. The van der Waals surface area contributed by atoms with E-state index < -0.39 is 0 Å². The van der Waals surface area contributed by atoms with Gasteiger partial charge in [0.1, 0.15) is 0 Å². The number of carbonyl (C=O) groups excluding carboxylic acids is 1. The monoisotopic (exact) mass is 370 g/mol. The maximum atomic E-state index is 12.7. The van der Waals surface area contributed by atoms with Crippen LogP contribution in [0.5, 0.6) is 0 Å². The van der Waals surface area contributed by atoms with E-state index >= 15 is 0 Å². The van der Waals surface area contributed by atoms with E-state index in [0.29, 0.717) is 32.6 Å². The van der Waals surface area contributed by atoms with Crippen molar-refractivity contribution >= 4 is 34.0 Å². The normalized spacial score (nSPS) is 12.2. The molecule has 1 heterocycles. The van der Waals surface area contributed by atoms with Crippen molar-refractivity contribution in [2.75, 3.05) is 11.9 Å². The fourth-order valence-electron chi connectivity index (χ4n) is 2.88. The summed E-state index contributed by atoms with van der Waals surface area (Å²) < 4.78 is 1.48. The van der Waals surface area contributed by atoms with Gasteiger partial charge in [-0.15, -0.1) is 0 Å². The highest BCUT2D eigenvalue weighted by atomic mass is 35.5. The Kier molecular flexibility index (Phi) is 5.11. The van der Waals surface area contributed by atoms with Crippen molar-refractivity contribution < 1.29 is 9.90 Å². The number of fused-ring (bicyclic) bond motifs is 1. The molecule has 0 aliphatic rings. The number of nitrogens with zero attached hydrogens (tertiary/aromatic N) is 1. The van der Waals surface area contributed by atoms with Crippen molar-refractivity contribution in [3.63, 3.8) is 0 Å². The van der Waals surface area contributed by atoms with Crippen LogP contribution in [-0.4, -0.2) is 22.2 Å². The molecule has 1 amide bonds. The number of halogens is 1. The lowest BCUT2D eigenvalue weighted by molar-refractivity contribution is 0.102. The molecule has 0 saturated heterocycles. The molecule has 0 fully saturated rings. The van der Waals surface area contributed by atoms with Crippen molar-refractivity contribution in [2.45, 2.75) is 19.9 Å². The number of nitrogens with one attached hydrogen (secondary N) is 1. The summed E-state index contributed by atoms with van der Waals surface area (Å²) in [6.45, 7) is 3.42. The van der Waals surface area contributed by atoms with Gasteiger partial charge in [-0.25, -0.2) is 0 Å². The third-order valence-corrected chi connectivity index (χ3v) is 4.88. The number of carbonyl (C=O) groups is 1. The predicted octanol–water partition coefficient (Wildman–Crippen LogP) is 3.77. The van der Waals surface area contributed by atoms with Crippen LogP contribution in [0.25, 0.3) is 10.8 Å². The number of amides is 1. The first-order valence-electron chi connectivity index (χ1n) is 8.25. The standard InChI is InChI=1S/C20H19ClN2O3/c1-12(11-24)23-10-9-15-16(20(23)26)6-4-8-18(15)22-19(25)14-5-3-7-17(21)13(14)2/h3-10,12,24H,11H2,1-2H3,(H,22,25). The van der Waals surface area contributed by atoms with Gasteiger partial charge in [0, 0.05) is 33.2 Å². The zero-order valence-corrected chi connectivity index (χ0v) is 15.2. The van der Waals surface area contributed by atoms with Crippen LogP contribution in [0.2, 0.25) is 5.02 Å². The summed E-state index contributed by atoms with van der Waals surface area (Å²) in [5, 5.41) is 13.8. The molecule has 0 aliphatic heterocycles. The number of pyridine rings is 1. The molecule has 3 aromatic rings. The van der Waals surface area contributed by atoms with E-state index in [1.54, 1.807) is 62.5 Å². The van der Waals surface area contributed by atoms with Gasteiger partial charge in [0.05, 0.1) is 12.6 Å². The van der Waals surface area contributed by atoms with Crippen molar-refractivity contribution in [2.24, 2.45) is 0 Å². The molecule has 26 heavy (non-hydrogen) atoms. The second kappa shape index (κ2) is 7.32. The number of benzene rings is 2. The van der Waals surface area contributed by atoms with Gasteiger partial charge in [0.2, 0.25) is 0 Å². The number of rotatable bonds is 4. The second-order valence-electron chi connectivity index (χ2n) is 6.19. The van der Waals surface area contributed by atoms with E-state index in [-0.39, 0.29) is 24.1 Å². The largest absolute Gasteiger partial charge is 0.394 e. The average Bonchev–Trinajstić information content (AvgIpc) is 2.64. The first-order chi connectivity index (χ1) is 12.4. The van der Waals surface area contributed by atoms with Gasteiger partial charge in [-0.1, -0.05) is 23.7 Å². The van der Waals surface area contributed by atoms with Crippen LogP contribution in [-0.2, 0) is 0 Å². The maximum Gasteiger partial charge on any atom is 0.258 e. The molecule has 2 aromatic carbocycles. The van der Waals surface area contributed by atoms with Gasteiger partial charge in [-0.2, -0.15) is 0 Å². The Bertz CT molecular complexity index is 1040. The lowest BCUT2D eigenvalue weighted by Crippen LogP contribution is -2.25. The highest BCUT2D eigenvalue weighted by Gasteiger charge is 2.14. The van der Waals surface area contributed by atoms with Gasteiger partial charge >= 0.3 is 0 Å². The van der Waals surface area contributed by atoms with E-state index in [1.165, 1.54) is 4.57 Å². The molecule has 2 N–H and O–H groups in total. The van der Waals surface area contributed by atoms with Gasteiger partial charge in [-0.05, 0) is 49.7 Å². The molecule has 6 heteroatoms. The molecule has 1 aromatic heterocycles. The summed E-state index contributed by atoms with van der Waals surface area (Å²) in [6, 6.07) is 11.8. The molecule has 5 nitrogen and oxygen atoms in total. The van der Waals surface area contributed by atoms with Gasteiger partial charge < -0.3 is 15.0 Å². The number of anilines is 1. The van der Waals surface area contributed by atoms with E-state index in [0.717, 1.165) is 0 Å².